The Bertz CT molecular complexity index is 1160. The van der Waals surface area contributed by atoms with Crippen LogP contribution >= 0.6 is 0 Å². The summed E-state index contributed by atoms with van der Waals surface area (Å²) >= 11 is 0. The molecule has 2 N–H and O–H groups in total. The highest BCUT2D eigenvalue weighted by Crippen LogP contribution is 2.46. The number of aliphatic hydroxyl groups is 1. The van der Waals surface area contributed by atoms with Gasteiger partial charge in [0.1, 0.15) is 17.4 Å². The minimum atomic E-state index is -5.07. The van der Waals surface area contributed by atoms with E-state index in [9.17, 15) is 22.7 Å². The molecule has 1 heterocycles. The Labute approximate surface area is 182 Å². The van der Waals surface area contributed by atoms with Crippen molar-refractivity contribution in [3.8, 4) is 5.75 Å². The van der Waals surface area contributed by atoms with Gasteiger partial charge in [0.05, 0.1) is 18.7 Å². The first kappa shape index (κ1) is 23.5. The first-order valence-electron chi connectivity index (χ1n) is 9.74. The lowest BCUT2D eigenvalue weighted by atomic mass is 9.85. The van der Waals surface area contributed by atoms with Crippen LogP contribution in [0, 0.1) is 12.7 Å². The van der Waals surface area contributed by atoms with Crippen LogP contribution in [0.3, 0.4) is 0 Å². The van der Waals surface area contributed by atoms with Crippen molar-refractivity contribution in [1.82, 2.24) is 9.97 Å². The molecular formula is C23H23F4N3O2. The third-order valence-corrected chi connectivity index (χ3v) is 4.96. The number of hydrogen-bond acceptors (Lipinski definition) is 5. The molecule has 0 spiro atoms. The molecule has 9 heteroatoms. The van der Waals surface area contributed by atoms with Crippen molar-refractivity contribution < 1.29 is 27.4 Å². The lowest BCUT2D eigenvalue weighted by molar-refractivity contribution is -0.246. The quantitative estimate of drug-likeness (QED) is 0.384. The molecule has 3 rings (SSSR count). The summed E-state index contributed by atoms with van der Waals surface area (Å²) in [6, 6.07) is 6.26. The number of methoxy groups -OCH3 is 1. The average Bonchev–Trinajstić information content (AvgIpc) is 2.70. The molecule has 0 aliphatic rings. The number of benzene rings is 2. The smallest absolute Gasteiger partial charge is 0.423 e. The molecule has 2 unspecified atom stereocenters. The highest BCUT2D eigenvalue weighted by Gasteiger charge is 2.58. The molecule has 0 aliphatic carbocycles. The Morgan fingerprint density at radius 1 is 1.19 bits per heavy atom. The summed E-state index contributed by atoms with van der Waals surface area (Å²) in [5, 5.41) is 14.3. The van der Waals surface area contributed by atoms with Gasteiger partial charge in [0.15, 0.2) is 0 Å². The van der Waals surface area contributed by atoms with Crippen LogP contribution in [-0.4, -0.2) is 34.0 Å². The van der Waals surface area contributed by atoms with Crippen LogP contribution in [0.25, 0.3) is 10.9 Å². The number of ether oxygens (including phenoxy) is 1. The van der Waals surface area contributed by atoms with Crippen molar-refractivity contribution in [3.63, 3.8) is 0 Å². The first-order chi connectivity index (χ1) is 15.0. The van der Waals surface area contributed by atoms with Gasteiger partial charge in [-0.3, -0.25) is 0 Å². The predicted octanol–water partition coefficient (Wildman–Crippen LogP) is 5.50. The van der Waals surface area contributed by atoms with Crippen LogP contribution in [0.4, 0.5) is 23.2 Å². The Morgan fingerprint density at radius 2 is 1.91 bits per heavy atom. The molecule has 0 bridgehead atoms. The van der Waals surface area contributed by atoms with Gasteiger partial charge in [-0.05, 0) is 45.0 Å². The van der Waals surface area contributed by atoms with E-state index in [1.54, 1.807) is 25.1 Å². The maximum Gasteiger partial charge on any atom is 0.423 e. The number of halogens is 4. The van der Waals surface area contributed by atoms with Gasteiger partial charge in [0, 0.05) is 28.9 Å². The minimum absolute atomic E-state index is 0.0729. The van der Waals surface area contributed by atoms with Gasteiger partial charge in [-0.2, -0.15) is 13.2 Å². The number of alkyl halides is 3. The molecule has 0 saturated carbocycles. The van der Waals surface area contributed by atoms with Crippen molar-refractivity contribution in [2.45, 2.75) is 38.6 Å². The molecule has 2 aromatic carbocycles. The number of aromatic nitrogens is 2. The van der Waals surface area contributed by atoms with Gasteiger partial charge in [0.2, 0.25) is 5.60 Å². The molecule has 170 valence electrons. The molecule has 0 saturated heterocycles. The summed E-state index contributed by atoms with van der Waals surface area (Å²) in [6.45, 7) is 4.59. The van der Waals surface area contributed by atoms with E-state index >= 15 is 0 Å². The number of nitrogens with one attached hydrogen (secondary N) is 1. The van der Waals surface area contributed by atoms with E-state index in [-0.39, 0.29) is 22.6 Å². The number of allylic oxidation sites excluding steroid dienone is 1. The average molecular weight is 449 g/mol. The molecule has 0 radical (unpaired) electrons. The predicted molar refractivity (Wildman–Crippen MR) is 114 cm³/mol. The zero-order valence-corrected chi connectivity index (χ0v) is 18.0. The van der Waals surface area contributed by atoms with Gasteiger partial charge in [-0.1, -0.05) is 17.7 Å². The fourth-order valence-corrected chi connectivity index (χ4v) is 3.55. The Morgan fingerprint density at radius 3 is 2.53 bits per heavy atom. The highest BCUT2D eigenvalue weighted by molar-refractivity contribution is 5.91. The fraction of sp³-hybridized carbons (Fsp3) is 0.304. The zero-order valence-electron chi connectivity index (χ0n) is 18.0. The van der Waals surface area contributed by atoms with Crippen LogP contribution in [-0.2, 0) is 0 Å². The Hall–Kier alpha value is -3.20. The molecule has 1 aromatic heterocycles. The third kappa shape index (κ3) is 4.52. The second-order valence-corrected chi connectivity index (χ2v) is 7.66. The van der Waals surface area contributed by atoms with Crippen molar-refractivity contribution in [2.75, 3.05) is 12.4 Å². The van der Waals surface area contributed by atoms with E-state index in [0.717, 1.165) is 24.3 Å². The van der Waals surface area contributed by atoms with Gasteiger partial charge in [-0.15, -0.1) is 0 Å². The van der Waals surface area contributed by atoms with Gasteiger partial charge < -0.3 is 15.2 Å². The summed E-state index contributed by atoms with van der Waals surface area (Å²) in [5.74, 6) is -0.321. The SMILES string of the molecule is COc1cc(F)ccc1C(Nc1cccc2nc(C)ncc12)C(O)(C=C(C)C)C(F)(F)F. The largest absolute Gasteiger partial charge is 0.496 e. The number of hydrogen-bond donors (Lipinski definition) is 2. The molecule has 32 heavy (non-hydrogen) atoms. The molecule has 0 amide bonds. The van der Waals surface area contributed by atoms with Crippen molar-refractivity contribution in [1.29, 1.82) is 0 Å². The lowest BCUT2D eigenvalue weighted by Gasteiger charge is -2.38. The number of rotatable bonds is 6. The summed E-state index contributed by atoms with van der Waals surface area (Å²) in [5.41, 5.74) is -2.38. The second kappa shape index (κ2) is 8.74. The maximum absolute atomic E-state index is 14.3. The molecular weight excluding hydrogens is 426 g/mol. The summed E-state index contributed by atoms with van der Waals surface area (Å²) in [7, 11) is 1.22. The normalized spacial score (nSPS) is 14.5. The van der Waals surface area contributed by atoms with Gasteiger partial charge in [-0.25, -0.2) is 14.4 Å². The maximum atomic E-state index is 14.3. The highest BCUT2D eigenvalue weighted by atomic mass is 19.4. The van der Waals surface area contributed by atoms with Crippen LogP contribution in [0.1, 0.15) is 31.3 Å². The topological polar surface area (TPSA) is 67.3 Å². The Balaban J connectivity index is 2.28. The monoisotopic (exact) mass is 449 g/mol. The molecule has 0 aliphatic heterocycles. The first-order valence-corrected chi connectivity index (χ1v) is 9.74. The van der Waals surface area contributed by atoms with E-state index in [4.69, 9.17) is 4.74 Å². The molecule has 0 fully saturated rings. The summed E-state index contributed by atoms with van der Waals surface area (Å²) < 4.78 is 61.9. The number of fused-ring (bicyclic) bond motifs is 1. The second-order valence-electron chi connectivity index (χ2n) is 7.66. The third-order valence-electron chi connectivity index (χ3n) is 4.96. The van der Waals surface area contributed by atoms with Crippen LogP contribution in [0.15, 0.2) is 54.2 Å². The summed E-state index contributed by atoms with van der Waals surface area (Å²) in [4.78, 5) is 8.43. The van der Waals surface area contributed by atoms with E-state index in [1.165, 1.54) is 27.2 Å². The minimum Gasteiger partial charge on any atom is -0.496 e. The Kier molecular flexibility index (Phi) is 6.41. The van der Waals surface area contributed by atoms with E-state index < -0.39 is 23.6 Å². The van der Waals surface area contributed by atoms with E-state index in [1.807, 2.05) is 0 Å². The number of nitrogens with zero attached hydrogens (tertiary/aromatic N) is 2. The number of aryl methyl sites for hydroxylation is 1. The molecule has 5 nitrogen and oxygen atoms in total. The lowest BCUT2D eigenvalue weighted by Crippen LogP contribution is -2.51. The molecule has 3 aromatic rings. The van der Waals surface area contributed by atoms with Crippen molar-refractivity contribution in [3.05, 3.63) is 71.4 Å². The summed E-state index contributed by atoms with van der Waals surface area (Å²) in [6.07, 6.45) is -2.84. The van der Waals surface area contributed by atoms with Crippen molar-refractivity contribution >= 4 is 16.6 Å². The van der Waals surface area contributed by atoms with Crippen molar-refractivity contribution in [2.24, 2.45) is 0 Å². The van der Waals surface area contributed by atoms with Gasteiger partial charge in [0.25, 0.3) is 0 Å². The van der Waals surface area contributed by atoms with Crippen LogP contribution in [0.2, 0.25) is 0 Å². The number of anilines is 1. The zero-order chi connectivity index (χ0) is 23.7. The van der Waals surface area contributed by atoms with Gasteiger partial charge >= 0.3 is 6.18 Å². The fourth-order valence-electron chi connectivity index (χ4n) is 3.55. The molecule has 2 atom stereocenters. The van der Waals surface area contributed by atoms with E-state index in [2.05, 4.69) is 15.3 Å². The van der Waals surface area contributed by atoms with Crippen LogP contribution < -0.4 is 10.1 Å². The van der Waals surface area contributed by atoms with E-state index in [0.29, 0.717) is 16.7 Å². The van der Waals surface area contributed by atoms with Crippen LogP contribution in [0.5, 0.6) is 5.75 Å². The standard InChI is InChI=1S/C23H23F4N3O2/c1-13(2)11-22(31,23(25,26)27)21(16-9-8-15(24)10-20(16)32-4)30-19-7-5-6-18-17(19)12-28-14(3)29-18/h5-12,21,30-31H,1-4H3.